The van der Waals surface area contributed by atoms with Crippen molar-refractivity contribution in [2.45, 2.75) is 13.3 Å². The summed E-state index contributed by atoms with van der Waals surface area (Å²) in [4.78, 5) is 0. The van der Waals surface area contributed by atoms with Crippen molar-refractivity contribution >= 4 is 5.69 Å². The summed E-state index contributed by atoms with van der Waals surface area (Å²) >= 11 is 0. The van der Waals surface area contributed by atoms with Gasteiger partial charge < -0.3 is 10.5 Å². The van der Waals surface area contributed by atoms with Crippen LogP contribution in [0.1, 0.15) is 11.3 Å². The molecule has 0 bridgehead atoms. The average molecular weight is 231 g/mol. The largest absolute Gasteiger partial charge is 0.493 e. The molecule has 1 aromatic carbocycles. The standard InChI is InChI=1S/C13H17N3O/c1-10-3-4-12(9-13(10)14)17-8-6-11-5-7-15-16(11)2/h3-5,7,9H,6,8,14H2,1-2H3. The lowest BCUT2D eigenvalue weighted by atomic mass is 10.2. The van der Waals surface area contributed by atoms with Crippen molar-refractivity contribution in [3.8, 4) is 5.75 Å². The van der Waals surface area contributed by atoms with Crippen molar-refractivity contribution in [3.63, 3.8) is 0 Å². The van der Waals surface area contributed by atoms with Crippen LogP contribution in [0.3, 0.4) is 0 Å². The van der Waals surface area contributed by atoms with Gasteiger partial charge in [0.25, 0.3) is 0 Å². The van der Waals surface area contributed by atoms with Crippen molar-refractivity contribution < 1.29 is 4.74 Å². The Balaban J connectivity index is 1.90. The molecule has 1 aromatic heterocycles. The van der Waals surface area contributed by atoms with Crippen LogP contribution in [0, 0.1) is 6.92 Å². The minimum Gasteiger partial charge on any atom is -0.493 e. The van der Waals surface area contributed by atoms with Crippen molar-refractivity contribution in [3.05, 3.63) is 41.7 Å². The van der Waals surface area contributed by atoms with Crippen molar-refractivity contribution in [2.75, 3.05) is 12.3 Å². The molecule has 17 heavy (non-hydrogen) atoms. The molecule has 0 fully saturated rings. The molecule has 0 saturated carbocycles. The van der Waals surface area contributed by atoms with Gasteiger partial charge >= 0.3 is 0 Å². The number of aryl methyl sites for hydroxylation is 2. The lowest BCUT2D eigenvalue weighted by Crippen LogP contribution is -2.06. The fraction of sp³-hybridized carbons (Fsp3) is 0.308. The molecule has 0 saturated heterocycles. The van der Waals surface area contributed by atoms with E-state index < -0.39 is 0 Å². The highest BCUT2D eigenvalue weighted by molar-refractivity contribution is 5.50. The number of anilines is 1. The minimum atomic E-state index is 0.627. The fourth-order valence-electron chi connectivity index (χ4n) is 1.63. The monoisotopic (exact) mass is 231 g/mol. The molecule has 4 heteroatoms. The number of nitrogen functional groups attached to an aromatic ring is 1. The van der Waals surface area contributed by atoms with E-state index in [0.717, 1.165) is 29.1 Å². The predicted octanol–water partition coefficient (Wildman–Crippen LogP) is 1.93. The predicted molar refractivity (Wildman–Crippen MR) is 68.0 cm³/mol. The van der Waals surface area contributed by atoms with Gasteiger partial charge in [-0.1, -0.05) is 6.07 Å². The Morgan fingerprint density at radius 2 is 2.18 bits per heavy atom. The zero-order valence-electron chi connectivity index (χ0n) is 10.2. The SMILES string of the molecule is Cc1ccc(OCCc2ccnn2C)cc1N. The molecule has 0 spiro atoms. The normalized spacial score (nSPS) is 10.5. The van der Waals surface area contributed by atoms with Gasteiger partial charge in [-0.25, -0.2) is 0 Å². The summed E-state index contributed by atoms with van der Waals surface area (Å²) in [5.74, 6) is 0.815. The number of nitrogens with zero attached hydrogens (tertiary/aromatic N) is 2. The number of ether oxygens (including phenoxy) is 1. The molecule has 0 atom stereocenters. The zero-order valence-corrected chi connectivity index (χ0v) is 10.2. The van der Waals surface area contributed by atoms with Gasteiger partial charge in [0.1, 0.15) is 5.75 Å². The van der Waals surface area contributed by atoms with Crippen LogP contribution in [0.5, 0.6) is 5.75 Å². The Morgan fingerprint density at radius 3 is 2.82 bits per heavy atom. The van der Waals surface area contributed by atoms with E-state index in [1.807, 2.05) is 42.9 Å². The van der Waals surface area contributed by atoms with Crippen LogP contribution in [0.15, 0.2) is 30.5 Å². The third kappa shape index (κ3) is 2.78. The maximum absolute atomic E-state index is 5.82. The van der Waals surface area contributed by atoms with Crippen LogP contribution in [-0.2, 0) is 13.5 Å². The topological polar surface area (TPSA) is 53.1 Å². The third-order valence-electron chi connectivity index (χ3n) is 2.80. The van der Waals surface area contributed by atoms with Crippen molar-refractivity contribution in [1.29, 1.82) is 0 Å². The summed E-state index contributed by atoms with van der Waals surface area (Å²) in [6.07, 6.45) is 2.63. The van der Waals surface area contributed by atoms with E-state index in [2.05, 4.69) is 5.10 Å². The van der Waals surface area contributed by atoms with E-state index >= 15 is 0 Å². The average Bonchev–Trinajstić information content (AvgIpc) is 2.70. The Hall–Kier alpha value is -1.97. The zero-order chi connectivity index (χ0) is 12.3. The van der Waals surface area contributed by atoms with E-state index in [9.17, 15) is 0 Å². The quantitative estimate of drug-likeness (QED) is 0.818. The number of hydrogen-bond acceptors (Lipinski definition) is 3. The van der Waals surface area contributed by atoms with Gasteiger partial charge in [0.2, 0.25) is 0 Å². The van der Waals surface area contributed by atoms with Crippen molar-refractivity contribution in [2.24, 2.45) is 7.05 Å². The lowest BCUT2D eigenvalue weighted by Gasteiger charge is -2.08. The van der Waals surface area contributed by atoms with Crippen LogP contribution in [0.25, 0.3) is 0 Å². The molecule has 90 valence electrons. The molecular weight excluding hydrogens is 214 g/mol. The summed E-state index contributed by atoms with van der Waals surface area (Å²) in [6, 6.07) is 7.76. The Bertz CT molecular complexity index is 505. The summed E-state index contributed by atoms with van der Waals surface area (Å²) in [6.45, 7) is 2.61. The van der Waals surface area contributed by atoms with E-state index in [4.69, 9.17) is 10.5 Å². The second-order valence-electron chi connectivity index (χ2n) is 4.06. The van der Waals surface area contributed by atoms with Gasteiger partial charge in [0.05, 0.1) is 6.61 Å². The van der Waals surface area contributed by atoms with E-state index in [1.54, 1.807) is 6.20 Å². The summed E-state index contributed by atoms with van der Waals surface area (Å²) < 4.78 is 7.50. The molecule has 0 radical (unpaired) electrons. The molecule has 0 amide bonds. The molecule has 2 rings (SSSR count). The number of aromatic nitrogens is 2. The molecule has 1 heterocycles. The van der Waals surface area contributed by atoms with Gasteiger partial charge in [0, 0.05) is 37.1 Å². The molecular formula is C13H17N3O. The molecule has 0 aliphatic carbocycles. The maximum atomic E-state index is 5.82. The first-order valence-corrected chi connectivity index (χ1v) is 5.62. The molecule has 0 aliphatic heterocycles. The van der Waals surface area contributed by atoms with Gasteiger partial charge in [-0.15, -0.1) is 0 Å². The molecule has 2 N–H and O–H groups in total. The van der Waals surface area contributed by atoms with E-state index in [-0.39, 0.29) is 0 Å². The van der Waals surface area contributed by atoms with Gasteiger partial charge in [-0.05, 0) is 24.6 Å². The van der Waals surface area contributed by atoms with Crippen LogP contribution in [0.2, 0.25) is 0 Å². The Labute approximate surface area is 101 Å². The van der Waals surface area contributed by atoms with Crippen LogP contribution >= 0.6 is 0 Å². The lowest BCUT2D eigenvalue weighted by molar-refractivity contribution is 0.318. The second kappa shape index (κ2) is 4.91. The van der Waals surface area contributed by atoms with Gasteiger partial charge in [-0.2, -0.15) is 5.10 Å². The highest BCUT2D eigenvalue weighted by Crippen LogP contribution is 2.19. The molecule has 0 unspecified atom stereocenters. The first-order chi connectivity index (χ1) is 8.16. The van der Waals surface area contributed by atoms with Gasteiger partial charge in [-0.3, -0.25) is 4.68 Å². The molecule has 4 nitrogen and oxygen atoms in total. The summed E-state index contributed by atoms with van der Waals surface area (Å²) in [5, 5.41) is 4.11. The Kier molecular flexibility index (Phi) is 3.32. The number of nitrogens with two attached hydrogens (primary N) is 1. The van der Waals surface area contributed by atoms with Crippen LogP contribution < -0.4 is 10.5 Å². The van der Waals surface area contributed by atoms with Gasteiger partial charge in [0.15, 0.2) is 0 Å². The third-order valence-corrected chi connectivity index (χ3v) is 2.80. The first kappa shape index (κ1) is 11.5. The molecule has 0 aliphatic rings. The van der Waals surface area contributed by atoms with Crippen LogP contribution in [0.4, 0.5) is 5.69 Å². The highest BCUT2D eigenvalue weighted by Gasteiger charge is 2.00. The smallest absolute Gasteiger partial charge is 0.121 e. The first-order valence-electron chi connectivity index (χ1n) is 5.62. The van der Waals surface area contributed by atoms with E-state index in [0.29, 0.717) is 6.61 Å². The number of benzene rings is 1. The van der Waals surface area contributed by atoms with E-state index in [1.165, 1.54) is 0 Å². The minimum absolute atomic E-state index is 0.627. The second-order valence-corrected chi connectivity index (χ2v) is 4.06. The Morgan fingerprint density at radius 1 is 1.35 bits per heavy atom. The summed E-state index contributed by atoms with van der Waals surface area (Å²) in [7, 11) is 1.93. The summed E-state index contributed by atoms with van der Waals surface area (Å²) in [5.41, 5.74) is 8.81. The van der Waals surface area contributed by atoms with Crippen molar-refractivity contribution in [1.82, 2.24) is 9.78 Å². The fourth-order valence-corrected chi connectivity index (χ4v) is 1.63. The number of rotatable bonds is 4. The maximum Gasteiger partial charge on any atom is 0.121 e. The van der Waals surface area contributed by atoms with Crippen LogP contribution in [-0.4, -0.2) is 16.4 Å². The number of hydrogen-bond donors (Lipinski definition) is 1. The molecule has 2 aromatic rings. The highest BCUT2D eigenvalue weighted by atomic mass is 16.5.